The van der Waals surface area contributed by atoms with Crippen LogP contribution in [0.25, 0.3) is 0 Å². The minimum atomic E-state index is -0.271. The van der Waals surface area contributed by atoms with Crippen molar-refractivity contribution in [2.75, 3.05) is 0 Å². The summed E-state index contributed by atoms with van der Waals surface area (Å²) in [5.41, 5.74) is 0. The molecule has 0 aliphatic carbocycles. The maximum atomic E-state index is 9.95. The van der Waals surface area contributed by atoms with E-state index >= 15 is 0 Å². The van der Waals surface area contributed by atoms with E-state index in [1.807, 2.05) is 0 Å². The van der Waals surface area contributed by atoms with Gasteiger partial charge in [0.2, 0.25) is 0 Å². The Balaban J connectivity index is 3.21. The number of aldehydes is 1. The molecule has 0 fully saturated rings. The highest BCUT2D eigenvalue weighted by Gasteiger charge is 2.00. The molecule has 0 aromatic rings. The van der Waals surface area contributed by atoms with Gasteiger partial charge < -0.3 is 5.11 Å². The quantitative estimate of drug-likeness (QED) is 0.351. The van der Waals surface area contributed by atoms with Gasteiger partial charge in [0, 0.05) is 0 Å². The summed E-state index contributed by atoms with van der Waals surface area (Å²) < 4.78 is 0. The average Bonchev–Trinajstić information content (AvgIpc) is 2.18. The molecule has 0 amide bonds. The van der Waals surface area contributed by atoms with E-state index in [-0.39, 0.29) is 6.10 Å². The molecule has 0 radical (unpaired) electrons. The molecule has 0 aromatic carbocycles. The zero-order valence-corrected chi connectivity index (χ0v) is 9.11. The van der Waals surface area contributed by atoms with Crippen LogP contribution in [0.1, 0.15) is 51.9 Å². The SMILES string of the molecule is CCCCCCCC(O)C/C=C/C=O. The topological polar surface area (TPSA) is 37.3 Å². The molecular formula is C12H22O2. The van der Waals surface area contributed by atoms with E-state index in [1.54, 1.807) is 6.08 Å². The molecule has 1 N–H and O–H groups in total. The Morgan fingerprint density at radius 3 is 2.57 bits per heavy atom. The summed E-state index contributed by atoms with van der Waals surface area (Å²) in [4.78, 5) is 9.95. The van der Waals surface area contributed by atoms with Gasteiger partial charge in [0.05, 0.1) is 6.10 Å². The van der Waals surface area contributed by atoms with Crippen LogP contribution >= 0.6 is 0 Å². The van der Waals surface area contributed by atoms with Crippen LogP contribution in [0.5, 0.6) is 0 Å². The first-order chi connectivity index (χ1) is 6.81. The van der Waals surface area contributed by atoms with E-state index in [2.05, 4.69) is 6.92 Å². The lowest BCUT2D eigenvalue weighted by Crippen LogP contribution is -2.04. The predicted molar refractivity (Wildman–Crippen MR) is 59.2 cm³/mol. The van der Waals surface area contributed by atoms with Crippen LogP contribution in [-0.4, -0.2) is 17.5 Å². The third-order valence-corrected chi connectivity index (χ3v) is 2.26. The van der Waals surface area contributed by atoms with Gasteiger partial charge in [-0.25, -0.2) is 0 Å². The molecule has 1 unspecified atom stereocenters. The zero-order valence-electron chi connectivity index (χ0n) is 9.11. The molecule has 0 heterocycles. The first kappa shape index (κ1) is 13.4. The van der Waals surface area contributed by atoms with Crippen LogP contribution in [-0.2, 0) is 4.79 Å². The lowest BCUT2D eigenvalue weighted by atomic mass is 10.1. The summed E-state index contributed by atoms with van der Waals surface area (Å²) in [5, 5.41) is 9.47. The van der Waals surface area contributed by atoms with E-state index in [0.717, 1.165) is 19.1 Å². The average molecular weight is 198 g/mol. The van der Waals surface area contributed by atoms with Crippen molar-refractivity contribution >= 4 is 6.29 Å². The monoisotopic (exact) mass is 198 g/mol. The fourth-order valence-corrected chi connectivity index (χ4v) is 1.39. The van der Waals surface area contributed by atoms with Crippen molar-refractivity contribution in [3.8, 4) is 0 Å². The van der Waals surface area contributed by atoms with Gasteiger partial charge in [-0.15, -0.1) is 0 Å². The first-order valence-corrected chi connectivity index (χ1v) is 5.59. The molecule has 2 nitrogen and oxygen atoms in total. The Bertz CT molecular complexity index is 152. The second kappa shape index (κ2) is 10.5. The standard InChI is InChI=1S/C12H22O2/c1-2-3-4-5-6-9-12(14)10-7-8-11-13/h7-8,11-12,14H,2-6,9-10H2,1H3/b8-7+. The minimum Gasteiger partial charge on any atom is -0.393 e. The molecule has 2 heteroatoms. The molecule has 0 aliphatic heterocycles. The first-order valence-electron chi connectivity index (χ1n) is 5.59. The van der Waals surface area contributed by atoms with Crippen LogP contribution in [0.15, 0.2) is 12.2 Å². The summed E-state index contributed by atoms with van der Waals surface area (Å²) in [6.07, 6.45) is 11.2. The number of hydrogen-bond donors (Lipinski definition) is 1. The van der Waals surface area contributed by atoms with E-state index in [1.165, 1.54) is 31.8 Å². The third-order valence-electron chi connectivity index (χ3n) is 2.26. The Hall–Kier alpha value is -0.630. The van der Waals surface area contributed by atoms with Crippen molar-refractivity contribution in [3.63, 3.8) is 0 Å². The number of hydrogen-bond acceptors (Lipinski definition) is 2. The van der Waals surface area contributed by atoms with E-state index < -0.39 is 0 Å². The van der Waals surface area contributed by atoms with Gasteiger partial charge in [0.25, 0.3) is 0 Å². The third kappa shape index (κ3) is 9.46. The smallest absolute Gasteiger partial charge is 0.142 e. The molecule has 0 rings (SSSR count). The molecule has 0 saturated heterocycles. The van der Waals surface area contributed by atoms with E-state index in [0.29, 0.717) is 6.42 Å². The van der Waals surface area contributed by atoms with Crippen LogP contribution in [0.3, 0.4) is 0 Å². The van der Waals surface area contributed by atoms with Crippen molar-refractivity contribution in [1.82, 2.24) is 0 Å². The van der Waals surface area contributed by atoms with E-state index in [4.69, 9.17) is 0 Å². The van der Waals surface area contributed by atoms with Gasteiger partial charge in [-0.1, -0.05) is 45.1 Å². The molecule has 0 spiro atoms. The molecule has 0 aliphatic rings. The molecule has 0 bridgehead atoms. The molecule has 1 atom stereocenters. The highest BCUT2D eigenvalue weighted by Crippen LogP contribution is 2.09. The fraction of sp³-hybridized carbons (Fsp3) is 0.750. The van der Waals surface area contributed by atoms with Crippen molar-refractivity contribution in [2.45, 2.75) is 58.0 Å². The zero-order chi connectivity index (χ0) is 10.6. The van der Waals surface area contributed by atoms with E-state index in [9.17, 15) is 9.90 Å². The molecule has 0 saturated carbocycles. The number of aliphatic hydroxyl groups is 1. The normalized spacial score (nSPS) is 13.3. The number of unbranched alkanes of at least 4 members (excludes halogenated alkanes) is 4. The Morgan fingerprint density at radius 2 is 1.93 bits per heavy atom. The second-order valence-electron chi connectivity index (χ2n) is 3.66. The summed E-state index contributed by atoms with van der Waals surface area (Å²) in [6.45, 7) is 2.19. The largest absolute Gasteiger partial charge is 0.393 e. The van der Waals surface area contributed by atoms with Gasteiger partial charge in [-0.3, -0.25) is 4.79 Å². The summed E-state index contributed by atoms with van der Waals surface area (Å²) in [6, 6.07) is 0. The van der Waals surface area contributed by atoms with Gasteiger partial charge in [0.15, 0.2) is 0 Å². The van der Waals surface area contributed by atoms with Crippen molar-refractivity contribution in [1.29, 1.82) is 0 Å². The van der Waals surface area contributed by atoms with Gasteiger partial charge in [-0.05, 0) is 18.9 Å². The Kier molecular flexibility index (Phi) is 9.98. The summed E-state index contributed by atoms with van der Waals surface area (Å²) >= 11 is 0. The number of carbonyl (C=O) groups excluding carboxylic acids is 1. The van der Waals surface area contributed by atoms with Crippen LogP contribution in [0, 0.1) is 0 Å². The predicted octanol–water partition coefficient (Wildman–Crippen LogP) is 2.85. The Labute approximate surface area is 87.0 Å². The van der Waals surface area contributed by atoms with Crippen molar-refractivity contribution in [3.05, 3.63) is 12.2 Å². The lowest BCUT2D eigenvalue weighted by molar-refractivity contribution is -0.104. The fourth-order valence-electron chi connectivity index (χ4n) is 1.39. The lowest BCUT2D eigenvalue weighted by Gasteiger charge is -2.06. The van der Waals surface area contributed by atoms with Crippen molar-refractivity contribution in [2.24, 2.45) is 0 Å². The summed E-state index contributed by atoms with van der Waals surface area (Å²) in [7, 11) is 0. The van der Waals surface area contributed by atoms with Crippen LogP contribution in [0.2, 0.25) is 0 Å². The molecule has 82 valence electrons. The number of aliphatic hydroxyl groups excluding tert-OH is 1. The van der Waals surface area contributed by atoms with Crippen LogP contribution < -0.4 is 0 Å². The highest BCUT2D eigenvalue weighted by molar-refractivity contribution is 5.64. The van der Waals surface area contributed by atoms with Crippen molar-refractivity contribution < 1.29 is 9.90 Å². The molecule has 0 aromatic heterocycles. The number of allylic oxidation sites excluding steroid dienone is 1. The molecular weight excluding hydrogens is 176 g/mol. The van der Waals surface area contributed by atoms with Crippen LogP contribution in [0.4, 0.5) is 0 Å². The van der Waals surface area contributed by atoms with Gasteiger partial charge in [-0.2, -0.15) is 0 Å². The van der Waals surface area contributed by atoms with Gasteiger partial charge in [0.1, 0.15) is 6.29 Å². The number of carbonyl (C=O) groups is 1. The maximum absolute atomic E-state index is 9.95. The summed E-state index contributed by atoms with van der Waals surface area (Å²) in [5.74, 6) is 0. The minimum absolute atomic E-state index is 0.271. The van der Waals surface area contributed by atoms with Gasteiger partial charge >= 0.3 is 0 Å². The number of rotatable bonds is 9. The maximum Gasteiger partial charge on any atom is 0.142 e. The molecule has 14 heavy (non-hydrogen) atoms. The highest BCUT2D eigenvalue weighted by atomic mass is 16.3. The Morgan fingerprint density at radius 1 is 1.21 bits per heavy atom. The second-order valence-corrected chi connectivity index (χ2v) is 3.66.